The molecule has 0 aliphatic carbocycles. The van der Waals surface area contributed by atoms with Gasteiger partial charge in [-0.15, -0.1) is 0 Å². The number of hydrogen-bond acceptors (Lipinski definition) is 0. The highest BCUT2D eigenvalue weighted by molar-refractivity contribution is 5.27. The highest BCUT2D eigenvalue weighted by atomic mass is 19.2. The molecule has 0 rings (SSSR count). The summed E-state index contributed by atoms with van der Waals surface area (Å²) in [5, 5.41) is 0. The molecule has 0 nitrogen and oxygen atoms in total. The molecule has 0 bridgehead atoms. The maximum Gasteiger partial charge on any atom is 0.158 e. The van der Waals surface area contributed by atoms with E-state index >= 15 is 0 Å². The topological polar surface area (TPSA) is 0 Å². The molecule has 0 radical (unpaired) electrons. The van der Waals surface area contributed by atoms with Crippen molar-refractivity contribution in [1.29, 1.82) is 0 Å². The third-order valence-corrected chi connectivity index (χ3v) is 4.83. The van der Waals surface area contributed by atoms with Gasteiger partial charge in [0, 0.05) is 0 Å². The Morgan fingerprint density at radius 3 is 1.91 bits per heavy atom. The van der Waals surface area contributed by atoms with E-state index < -0.39 is 11.7 Å². The van der Waals surface area contributed by atoms with Gasteiger partial charge in [-0.2, -0.15) is 0 Å². The Hall–Kier alpha value is -1.18. The minimum Gasteiger partial charge on any atom is -0.204 e. The van der Waals surface area contributed by atoms with Crippen LogP contribution in [0, 0.1) is 23.7 Å². The fourth-order valence-corrected chi connectivity index (χ4v) is 2.60. The lowest BCUT2D eigenvalue weighted by molar-refractivity contribution is 0.310. The average Bonchev–Trinajstić information content (AvgIpc) is 2.49. The van der Waals surface area contributed by atoms with Crippen LogP contribution >= 0.6 is 0 Å². The molecule has 0 spiro atoms. The minimum absolute atomic E-state index is 0.150. The first-order valence-corrected chi connectivity index (χ1v) is 8.72. The SMILES string of the molecule is C=C(F)/C(F)=C\C(=C)C(C)CCC(C)C(C)CCC(C)/C=C/C. The lowest BCUT2D eigenvalue weighted by Gasteiger charge is -2.22. The number of halogens is 2. The van der Waals surface area contributed by atoms with Gasteiger partial charge in [-0.3, -0.25) is 0 Å². The van der Waals surface area contributed by atoms with Crippen molar-refractivity contribution in [3.05, 3.63) is 48.6 Å². The second-order valence-corrected chi connectivity index (χ2v) is 6.99. The molecule has 0 aromatic carbocycles. The van der Waals surface area contributed by atoms with Crippen LogP contribution < -0.4 is 0 Å². The Morgan fingerprint density at radius 1 is 0.913 bits per heavy atom. The monoisotopic (exact) mass is 324 g/mol. The third-order valence-electron chi connectivity index (χ3n) is 4.83. The standard InChI is InChI=1S/C21H34F2/c1-8-9-15(2)10-11-16(3)17(4)12-13-18(5)19(6)14-21(23)20(7)22/h8-9,14-18H,6-7,10-13H2,1-5H3/b9-8+,21-14+. The number of hydrogen-bond donors (Lipinski definition) is 0. The van der Waals surface area contributed by atoms with Crippen molar-refractivity contribution < 1.29 is 8.78 Å². The Bertz CT molecular complexity index is 431. The van der Waals surface area contributed by atoms with Crippen LogP contribution in [0.3, 0.4) is 0 Å². The van der Waals surface area contributed by atoms with E-state index in [0.29, 0.717) is 23.3 Å². The van der Waals surface area contributed by atoms with Crippen molar-refractivity contribution in [2.45, 2.75) is 60.3 Å². The van der Waals surface area contributed by atoms with E-state index in [4.69, 9.17) is 0 Å². The van der Waals surface area contributed by atoms with E-state index in [2.05, 4.69) is 53.0 Å². The summed E-state index contributed by atoms with van der Waals surface area (Å²) in [5.74, 6) is 0.123. The molecule has 0 aliphatic heterocycles. The third kappa shape index (κ3) is 9.53. The van der Waals surface area contributed by atoms with E-state index in [-0.39, 0.29) is 5.92 Å². The van der Waals surface area contributed by atoms with Crippen molar-refractivity contribution in [2.75, 3.05) is 0 Å². The molecule has 0 amide bonds. The van der Waals surface area contributed by atoms with Gasteiger partial charge in [-0.05, 0) is 67.9 Å². The smallest absolute Gasteiger partial charge is 0.158 e. The maximum absolute atomic E-state index is 13.2. The second kappa shape index (κ2) is 11.4. The van der Waals surface area contributed by atoms with Crippen LogP contribution in [-0.4, -0.2) is 0 Å². The van der Waals surface area contributed by atoms with Gasteiger partial charge < -0.3 is 0 Å². The summed E-state index contributed by atoms with van der Waals surface area (Å²) in [4.78, 5) is 0. The van der Waals surface area contributed by atoms with Crippen molar-refractivity contribution in [3.63, 3.8) is 0 Å². The predicted octanol–water partition coefficient (Wildman–Crippen LogP) is 7.56. The molecular formula is C21H34F2. The summed E-state index contributed by atoms with van der Waals surface area (Å²) >= 11 is 0. The molecule has 4 unspecified atom stereocenters. The summed E-state index contributed by atoms with van der Waals surface area (Å²) in [6, 6.07) is 0. The molecule has 23 heavy (non-hydrogen) atoms. The first-order valence-electron chi connectivity index (χ1n) is 8.72. The summed E-state index contributed by atoms with van der Waals surface area (Å²) < 4.78 is 25.9. The van der Waals surface area contributed by atoms with Crippen LogP contribution in [0.4, 0.5) is 8.78 Å². The highest BCUT2D eigenvalue weighted by Crippen LogP contribution is 2.28. The molecule has 0 N–H and O–H groups in total. The van der Waals surface area contributed by atoms with E-state index in [1.807, 2.05) is 6.92 Å². The Kier molecular flexibility index (Phi) is 10.8. The summed E-state index contributed by atoms with van der Waals surface area (Å²) in [5.41, 5.74) is 0.628. The Labute approximate surface area is 142 Å². The van der Waals surface area contributed by atoms with E-state index in [9.17, 15) is 8.78 Å². The van der Waals surface area contributed by atoms with Crippen LogP contribution in [0.5, 0.6) is 0 Å². The fraction of sp³-hybridized carbons (Fsp3) is 0.619. The van der Waals surface area contributed by atoms with E-state index in [1.54, 1.807) is 0 Å². The lowest BCUT2D eigenvalue weighted by Crippen LogP contribution is -2.11. The quantitative estimate of drug-likeness (QED) is 0.272. The van der Waals surface area contributed by atoms with Crippen LogP contribution in [0.15, 0.2) is 48.6 Å². The predicted molar refractivity (Wildman–Crippen MR) is 98.5 cm³/mol. The zero-order valence-electron chi connectivity index (χ0n) is 15.5. The minimum atomic E-state index is -1.03. The van der Waals surface area contributed by atoms with Gasteiger partial charge in [0.15, 0.2) is 11.7 Å². The molecule has 4 atom stereocenters. The Balaban J connectivity index is 4.26. The fourth-order valence-electron chi connectivity index (χ4n) is 2.60. The maximum atomic E-state index is 13.2. The molecule has 0 aromatic rings. The van der Waals surface area contributed by atoms with Gasteiger partial charge in [-0.25, -0.2) is 8.78 Å². The molecule has 0 saturated carbocycles. The van der Waals surface area contributed by atoms with Gasteiger partial charge >= 0.3 is 0 Å². The second-order valence-electron chi connectivity index (χ2n) is 6.99. The highest BCUT2D eigenvalue weighted by Gasteiger charge is 2.15. The average molecular weight is 324 g/mol. The first-order chi connectivity index (χ1) is 10.7. The largest absolute Gasteiger partial charge is 0.204 e. The van der Waals surface area contributed by atoms with Crippen molar-refractivity contribution in [2.24, 2.45) is 23.7 Å². The number of allylic oxidation sites excluding steroid dienone is 6. The van der Waals surface area contributed by atoms with E-state index in [1.165, 1.54) is 18.9 Å². The van der Waals surface area contributed by atoms with Gasteiger partial charge in [0.25, 0.3) is 0 Å². The molecule has 0 fully saturated rings. The van der Waals surface area contributed by atoms with Crippen LogP contribution in [0.2, 0.25) is 0 Å². The molecule has 0 aromatic heterocycles. The lowest BCUT2D eigenvalue weighted by atomic mass is 9.83. The molecular weight excluding hydrogens is 290 g/mol. The molecule has 0 saturated heterocycles. The van der Waals surface area contributed by atoms with Crippen LogP contribution in [0.1, 0.15) is 60.3 Å². The Morgan fingerprint density at radius 2 is 1.43 bits per heavy atom. The van der Waals surface area contributed by atoms with Crippen molar-refractivity contribution in [3.8, 4) is 0 Å². The van der Waals surface area contributed by atoms with E-state index in [0.717, 1.165) is 12.8 Å². The molecule has 0 heterocycles. The van der Waals surface area contributed by atoms with Crippen molar-refractivity contribution >= 4 is 0 Å². The van der Waals surface area contributed by atoms with Crippen molar-refractivity contribution in [1.82, 2.24) is 0 Å². The normalized spacial score (nSPS) is 17.8. The van der Waals surface area contributed by atoms with Crippen LogP contribution in [0.25, 0.3) is 0 Å². The summed E-state index contributed by atoms with van der Waals surface area (Å²) in [6.45, 7) is 17.7. The van der Waals surface area contributed by atoms with Gasteiger partial charge in [0.1, 0.15) is 0 Å². The van der Waals surface area contributed by atoms with Gasteiger partial charge in [0.2, 0.25) is 0 Å². The molecule has 0 aliphatic rings. The zero-order valence-corrected chi connectivity index (χ0v) is 15.5. The van der Waals surface area contributed by atoms with Gasteiger partial charge in [-0.1, -0.05) is 53.0 Å². The van der Waals surface area contributed by atoms with Crippen LogP contribution in [-0.2, 0) is 0 Å². The number of rotatable bonds is 11. The molecule has 132 valence electrons. The summed E-state index contributed by atoms with van der Waals surface area (Å²) in [7, 11) is 0. The van der Waals surface area contributed by atoms with Gasteiger partial charge in [0.05, 0.1) is 0 Å². The zero-order chi connectivity index (χ0) is 18.0. The molecule has 2 heteroatoms. The first kappa shape index (κ1) is 21.8. The summed E-state index contributed by atoms with van der Waals surface area (Å²) in [6.07, 6.45) is 9.99.